The second-order valence-corrected chi connectivity index (χ2v) is 18.6. The van der Waals surface area contributed by atoms with E-state index in [2.05, 4.69) is 187 Å². The van der Waals surface area contributed by atoms with Crippen LogP contribution in [0.25, 0.3) is 0 Å². The van der Waals surface area contributed by atoms with Crippen LogP contribution in [0.1, 0.15) is 33.4 Å². The molecule has 0 aliphatic heterocycles. The minimum absolute atomic E-state index is 0.569. The molecule has 0 radical (unpaired) electrons. The molecule has 0 saturated carbocycles. The molecule has 5 heteroatoms. The van der Waals surface area contributed by atoms with Gasteiger partial charge in [0.1, 0.15) is 31.8 Å². The third kappa shape index (κ3) is 11.1. The molecule has 0 nitrogen and oxygen atoms in total. The van der Waals surface area contributed by atoms with E-state index in [1.165, 1.54) is 65.2 Å². The summed E-state index contributed by atoms with van der Waals surface area (Å²) in [6.45, 7) is 12.9. The molecular weight excluding hydrogens is 696 g/mol. The maximum absolute atomic E-state index is 4.70. The Labute approximate surface area is 299 Å². The van der Waals surface area contributed by atoms with Crippen LogP contribution in [0.15, 0.2) is 146 Å². The summed E-state index contributed by atoms with van der Waals surface area (Å²) < 4.78 is 0. The van der Waals surface area contributed by atoms with Crippen LogP contribution in [0.3, 0.4) is 0 Å². The van der Waals surface area contributed by atoms with Gasteiger partial charge >= 0.3 is 33.0 Å². The van der Waals surface area contributed by atoms with Gasteiger partial charge < -0.3 is 0 Å². The zero-order chi connectivity index (χ0) is 33.8. The Morgan fingerprint density at radius 3 is 0.489 bits per heavy atom. The zero-order valence-electron chi connectivity index (χ0n) is 27.9. The number of halogens is 2. The van der Waals surface area contributed by atoms with E-state index in [1.807, 2.05) is 0 Å². The fourth-order valence-corrected chi connectivity index (χ4v) is 10.3. The van der Waals surface area contributed by atoms with Gasteiger partial charge in [-0.1, -0.05) is 106 Å². The van der Waals surface area contributed by atoms with Crippen LogP contribution in [0.2, 0.25) is 0 Å². The summed E-state index contributed by atoms with van der Waals surface area (Å²) in [5, 5.41) is 8.69. The first-order chi connectivity index (χ1) is 22.7. The minimum atomic E-state index is -0.927. The molecule has 47 heavy (non-hydrogen) atoms. The van der Waals surface area contributed by atoms with E-state index in [4.69, 9.17) is 20.4 Å². The molecular formula is C42H44Cl2NiP2+2. The third-order valence-corrected chi connectivity index (χ3v) is 13.5. The van der Waals surface area contributed by atoms with Crippen LogP contribution in [0, 0.1) is 41.5 Å². The number of hydrogen-bond acceptors (Lipinski definition) is 0. The molecule has 0 bridgehead atoms. The van der Waals surface area contributed by atoms with E-state index in [0.29, 0.717) is 12.7 Å². The van der Waals surface area contributed by atoms with Gasteiger partial charge in [-0.2, -0.15) is 0 Å². The number of rotatable bonds is 6. The maximum atomic E-state index is 4.70. The van der Waals surface area contributed by atoms with Gasteiger partial charge in [-0.25, -0.2) is 0 Å². The first-order valence-electron chi connectivity index (χ1n) is 15.7. The van der Waals surface area contributed by atoms with Crippen molar-refractivity contribution >= 4 is 68.1 Å². The van der Waals surface area contributed by atoms with Crippen molar-refractivity contribution in [1.82, 2.24) is 0 Å². The van der Waals surface area contributed by atoms with Gasteiger partial charge in [0.25, 0.3) is 0 Å². The molecule has 0 unspecified atom stereocenters. The summed E-state index contributed by atoms with van der Waals surface area (Å²) in [5.74, 6) is 0. The molecule has 0 saturated heterocycles. The summed E-state index contributed by atoms with van der Waals surface area (Å²) in [4.78, 5) is 0. The monoisotopic (exact) mass is 738 g/mol. The SMILES string of the molecule is Cc1ccc([PH+](c2ccc(C)cc2)c2ccc(C)cc2)cc1.Cc1ccc([PH+](c2ccc(C)cc2)c2ccc(C)cc2)cc1.[Cl][Ni][Cl]. The van der Waals surface area contributed by atoms with E-state index >= 15 is 0 Å². The summed E-state index contributed by atoms with van der Waals surface area (Å²) in [6.07, 6.45) is 0. The molecule has 0 aromatic heterocycles. The Kier molecular flexibility index (Phi) is 14.8. The van der Waals surface area contributed by atoms with E-state index < -0.39 is 15.8 Å². The van der Waals surface area contributed by atoms with Crippen molar-refractivity contribution < 1.29 is 12.7 Å². The predicted molar refractivity (Wildman–Crippen MR) is 213 cm³/mol. The van der Waals surface area contributed by atoms with E-state index in [-0.39, 0.29) is 0 Å². The van der Waals surface area contributed by atoms with Crippen LogP contribution >= 0.6 is 36.2 Å². The average Bonchev–Trinajstić information content (AvgIpc) is 3.07. The standard InChI is InChI=1S/2C21H21P.2ClH.Ni/c2*1-16-4-10-19(11-5-16)22(20-12-6-17(2)7-13-20)21-14-8-18(3)9-15-21;;;/h2*4-15H,1-3H3;2*1H;/q;;;;+2. The quantitative estimate of drug-likeness (QED) is 0.118. The van der Waals surface area contributed by atoms with Crippen molar-refractivity contribution in [2.24, 2.45) is 0 Å². The van der Waals surface area contributed by atoms with Gasteiger partial charge in [-0.05, 0) is 114 Å². The van der Waals surface area contributed by atoms with Crippen molar-refractivity contribution in [2.45, 2.75) is 41.5 Å². The molecule has 0 amide bonds. The van der Waals surface area contributed by atoms with E-state index in [1.54, 1.807) is 0 Å². The predicted octanol–water partition coefficient (Wildman–Crippen LogP) is 9.58. The summed E-state index contributed by atoms with van der Waals surface area (Å²) in [7, 11) is 7.55. The number of aryl methyl sites for hydroxylation is 6. The fourth-order valence-electron chi connectivity index (χ4n) is 5.32. The van der Waals surface area contributed by atoms with Gasteiger partial charge in [-0.15, -0.1) is 0 Å². The molecule has 0 heterocycles. The van der Waals surface area contributed by atoms with Gasteiger partial charge in [0.2, 0.25) is 0 Å². The van der Waals surface area contributed by atoms with E-state index in [0.717, 1.165) is 0 Å². The van der Waals surface area contributed by atoms with E-state index in [9.17, 15) is 0 Å². The Morgan fingerprint density at radius 2 is 0.383 bits per heavy atom. The van der Waals surface area contributed by atoms with Gasteiger partial charge in [0, 0.05) is 0 Å². The molecule has 0 spiro atoms. The third-order valence-electron chi connectivity index (χ3n) is 8.04. The van der Waals surface area contributed by atoms with Crippen LogP contribution in [-0.4, -0.2) is 0 Å². The first kappa shape index (κ1) is 37.1. The molecule has 244 valence electrons. The molecule has 6 aromatic carbocycles. The topological polar surface area (TPSA) is 0 Å². The Morgan fingerprint density at radius 1 is 0.277 bits per heavy atom. The second-order valence-electron chi connectivity index (χ2n) is 12.0. The van der Waals surface area contributed by atoms with Gasteiger partial charge in [0.05, 0.1) is 15.8 Å². The molecule has 0 aliphatic carbocycles. The fraction of sp³-hybridized carbons (Fsp3) is 0.143. The molecule has 0 fully saturated rings. The van der Waals surface area contributed by atoms with Crippen LogP contribution in [0.4, 0.5) is 0 Å². The Bertz CT molecular complexity index is 1430. The molecule has 6 aromatic rings. The molecule has 0 N–H and O–H groups in total. The van der Waals surface area contributed by atoms with Crippen molar-refractivity contribution in [2.75, 3.05) is 0 Å². The normalized spacial score (nSPS) is 10.7. The number of benzene rings is 6. The van der Waals surface area contributed by atoms with Crippen LogP contribution < -0.4 is 31.8 Å². The average molecular weight is 740 g/mol. The summed E-state index contributed by atoms with van der Waals surface area (Å²) in [5.41, 5.74) is 7.91. The van der Waals surface area contributed by atoms with Crippen molar-refractivity contribution in [1.29, 1.82) is 0 Å². The first-order valence-corrected chi connectivity index (χ1v) is 21.4. The van der Waals surface area contributed by atoms with Gasteiger partial charge in [-0.3, -0.25) is 0 Å². The zero-order valence-corrected chi connectivity index (χ0v) is 32.4. The van der Waals surface area contributed by atoms with Crippen molar-refractivity contribution in [3.05, 3.63) is 179 Å². The molecule has 6 rings (SSSR count). The Hall–Kier alpha value is -2.75. The summed E-state index contributed by atoms with van der Waals surface area (Å²) in [6, 6.07) is 54.2. The Balaban J connectivity index is 0.000000197. The summed E-state index contributed by atoms with van der Waals surface area (Å²) >= 11 is 0.569. The number of hydrogen-bond donors (Lipinski definition) is 0. The van der Waals surface area contributed by atoms with Crippen molar-refractivity contribution in [3.8, 4) is 0 Å². The molecule has 0 aliphatic rings. The van der Waals surface area contributed by atoms with Crippen LogP contribution in [-0.2, 0) is 12.7 Å². The second kappa shape index (κ2) is 18.7. The van der Waals surface area contributed by atoms with Crippen LogP contribution in [0.5, 0.6) is 0 Å². The van der Waals surface area contributed by atoms with Crippen molar-refractivity contribution in [3.63, 3.8) is 0 Å². The molecule has 0 atom stereocenters. The van der Waals surface area contributed by atoms with Gasteiger partial charge in [0.15, 0.2) is 0 Å².